The number of aromatic nitrogens is 2. The minimum Gasteiger partial charge on any atom is -0.477 e. The van der Waals surface area contributed by atoms with Gasteiger partial charge in [0.1, 0.15) is 0 Å². The van der Waals surface area contributed by atoms with E-state index in [1.807, 2.05) is 18.2 Å². The number of fused-ring (bicyclic) bond motifs is 1. The molecule has 0 amide bonds. The summed E-state index contributed by atoms with van der Waals surface area (Å²) in [5, 5.41) is 7.97. The smallest absolute Gasteiger partial charge is 0.218 e. The van der Waals surface area contributed by atoms with E-state index < -0.39 is 0 Å². The summed E-state index contributed by atoms with van der Waals surface area (Å²) < 4.78 is 5.71. The summed E-state index contributed by atoms with van der Waals surface area (Å²) in [6.07, 6.45) is 5.71. The number of hydrogen-bond donors (Lipinski definition) is 3. The molecule has 0 fully saturated rings. The van der Waals surface area contributed by atoms with E-state index in [0.717, 1.165) is 30.9 Å². The lowest BCUT2D eigenvalue weighted by Gasteiger charge is -2.14. The Balaban J connectivity index is 0.00000280. The van der Waals surface area contributed by atoms with Gasteiger partial charge in [-0.2, -0.15) is 0 Å². The molecule has 1 aromatic carbocycles. The summed E-state index contributed by atoms with van der Waals surface area (Å²) in [7, 11) is 1.78. The number of aliphatic imine (C=N–C) groups is 1. The van der Waals surface area contributed by atoms with Crippen molar-refractivity contribution < 1.29 is 4.74 Å². The zero-order valence-electron chi connectivity index (χ0n) is 16.4. The Kier molecular flexibility index (Phi) is 9.06. The van der Waals surface area contributed by atoms with Crippen LogP contribution in [-0.2, 0) is 13.0 Å². The van der Waals surface area contributed by atoms with Gasteiger partial charge in [-0.1, -0.05) is 31.2 Å². The Bertz CT molecular complexity index is 893. The molecule has 0 aliphatic heterocycles. The average Bonchev–Trinajstić information content (AvgIpc) is 3.13. The van der Waals surface area contributed by atoms with Gasteiger partial charge in [0.05, 0.1) is 6.61 Å². The molecule has 0 saturated heterocycles. The van der Waals surface area contributed by atoms with Crippen molar-refractivity contribution in [2.45, 2.75) is 26.3 Å². The van der Waals surface area contributed by atoms with Crippen molar-refractivity contribution >= 4 is 40.8 Å². The summed E-state index contributed by atoms with van der Waals surface area (Å²) in [6.45, 7) is 4.16. The molecule has 3 N–H and O–H groups in total. The number of benzene rings is 1. The maximum Gasteiger partial charge on any atom is 0.218 e. The average molecular weight is 493 g/mol. The Hall–Kier alpha value is -2.29. The predicted molar refractivity (Wildman–Crippen MR) is 126 cm³/mol. The first-order valence-electron chi connectivity index (χ1n) is 9.38. The summed E-state index contributed by atoms with van der Waals surface area (Å²) >= 11 is 0. The van der Waals surface area contributed by atoms with Crippen molar-refractivity contribution in [3.63, 3.8) is 0 Å². The Morgan fingerprint density at radius 2 is 2.00 bits per heavy atom. The number of halogens is 1. The maximum absolute atomic E-state index is 5.71. The molecule has 0 bridgehead atoms. The van der Waals surface area contributed by atoms with Gasteiger partial charge >= 0.3 is 0 Å². The third-order valence-corrected chi connectivity index (χ3v) is 4.32. The number of nitrogens with zero attached hydrogens (tertiary/aromatic N) is 2. The first-order chi connectivity index (χ1) is 13.3. The highest BCUT2D eigenvalue weighted by Gasteiger charge is 2.07. The number of H-pyrrole nitrogens is 1. The molecule has 0 unspecified atom stereocenters. The lowest BCUT2D eigenvalue weighted by molar-refractivity contribution is 0.301. The molecule has 3 aromatic rings. The topological polar surface area (TPSA) is 74.3 Å². The van der Waals surface area contributed by atoms with E-state index in [1.54, 1.807) is 13.2 Å². The van der Waals surface area contributed by atoms with Crippen LogP contribution >= 0.6 is 24.0 Å². The fourth-order valence-electron chi connectivity index (χ4n) is 2.94. The number of pyridine rings is 1. The first kappa shape index (κ1) is 22.0. The number of nitrogens with one attached hydrogen (secondary N) is 3. The second-order valence-electron chi connectivity index (χ2n) is 6.28. The zero-order valence-corrected chi connectivity index (χ0v) is 18.7. The number of ether oxygens (including phenoxy) is 1. The van der Waals surface area contributed by atoms with Crippen LogP contribution in [0.1, 0.15) is 24.5 Å². The first-order valence-corrected chi connectivity index (χ1v) is 9.38. The van der Waals surface area contributed by atoms with Gasteiger partial charge in [-0.15, -0.1) is 24.0 Å². The minimum absolute atomic E-state index is 0. The van der Waals surface area contributed by atoms with Crippen LogP contribution in [0.3, 0.4) is 0 Å². The largest absolute Gasteiger partial charge is 0.477 e. The van der Waals surface area contributed by atoms with Gasteiger partial charge in [0.2, 0.25) is 5.88 Å². The maximum atomic E-state index is 5.71. The van der Waals surface area contributed by atoms with Crippen LogP contribution in [0.2, 0.25) is 0 Å². The SMILES string of the molecule is CCCOc1ncccc1CNC(=NC)NCCc1c[nH]c2ccccc12.I. The fraction of sp³-hybridized carbons (Fsp3) is 0.333. The standard InChI is InChI=1S/C21H27N5O.HI/c1-3-13-27-20-17(7-6-11-23-20)15-26-21(22-2)24-12-10-16-14-25-19-9-5-4-8-18(16)19;/h4-9,11,14,25H,3,10,12-13,15H2,1-2H3,(H2,22,24,26);1H. The lowest BCUT2D eigenvalue weighted by Crippen LogP contribution is -2.38. The van der Waals surface area contributed by atoms with Crippen molar-refractivity contribution in [1.29, 1.82) is 0 Å². The molecule has 0 aliphatic carbocycles. The molecule has 3 rings (SSSR count). The number of para-hydroxylation sites is 1. The van der Waals surface area contributed by atoms with Crippen molar-refractivity contribution in [2.75, 3.05) is 20.2 Å². The molecule has 0 radical (unpaired) electrons. The summed E-state index contributed by atoms with van der Waals surface area (Å²) in [5.41, 5.74) is 3.49. The van der Waals surface area contributed by atoms with Gasteiger partial charge in [-0.25, -0.2) is 4.98 Å². The third-order valence-electron chi connectivity index (χ3n) is 4.32. The molecule has 0 aliphatic rings. The van der Waals surface area contributed by atoms with Crippen molar-refractivity contribution in [1.82, 2.24) is 20.6 Å². The fourth-order valence-corrected chi connectivity index (χ4v) is 2.94. The van der Waals surface area contributed by atoms with E-state index in [0.29, 0.717) is 19.0 Å². The van der Waals surface area contributed by atoms with Crippen LogP contribution in [0.5, 0.6) is 5.88 Å². The van der Waals surface area contributed by atoms with E-state index in [9.17, 15) is 0 Å². The predicted octanol–water partition coefficient (Wildman–Crippen LogP) is 3.88. The van der Waals surface area contributed by atoms with Crippen LogP contribution in [0.4, 0.5) is 0 Å². The van der Waals surface area contributed by atoms with Gasteiger partial charge in [0.15, 0.2) is 5.96 Å². The molecule has 0 saturated carbocycles. The van der Waals surface area contributed by atoms with Gasteiger partial charge in [-0.05, 0) is 30.5 Å². The van der Waals surface area contributed by atoms with Crippen LogP contribution in [-0.4, -0.2) is 36.1 Å². The minimum atomic E-state index is 0. The van der Waals surface area contributed by atoms with Crippen molar-refractivity contribution in [3.8, 4) is 5.88 Å². The molecule has 2 heterocycles. The van der Waals surface area contributed by atoms with Gasteiger partial charge in [-0.3, -0.25) is 4.99 Å². The number of guanidine groups is 1. The molecular weight excluding hydrogens is 465 g/mol. The van der Waals surface area contributed by atoms with E-state index in [-0.39, 0.29) is 24.0 Å². The number of hydrogen-bond acceptors (Lipinski definition) is 3. The molecule has 150 valence electrons. The molecule has 0 atom stereocenters. The van der Waals surface area contributed by atoms with Crippen LogP contribution in [0.25, 0.3) is 10.9 Å². The number of rotatable bonds is 8. The van der Waals surface area contributed by atoms with Gasteiger partial charge < -0.3 is 20.4 Å². The Morgan fingerprint density at radius 3 is 2.82 bits per heavy atom. The molecule has 0 spiro atoms. The highest BCUT2D eigenvalue weighted by atomic mass is 127. The molecule has 7 heteroatoms. The summed E-state index contributed by atoms with van der Waals surface area (Å²) in [6, 6.07) is 12.3. The van der Waals surface area contributed by atoms with E-state index >= 15 is 0 Å². The van der Waals surface area contributed by atoms with E-state index in [1.165, 1.54) is 16.5 Å². The lowest BCUT2D eigenvalue weighted by atomic mass is 10.1. The van der Waals surface area contributed by atoms with Crippen LogP contribution in [0, 0.1) is 0 Å². The zero-order chi connectivity index (χ0) is 18.9. The van der Waals surface area contributed by atoms with Crippen LogP contribution < -0.4 is 15.4 Å². The van der Waals surface area contributed by atoms with Gasteiger partial charge in [0.25, 0.3) is 0 Å². The molecule has 6 nitrogen and oxygen atoms in total. The van der Waals surface area contributed by atoms with Crippen LogP contribution in [0.15, 0.2) is 53.8 Å². The Morgan fingerprint density at radius 1 is 1.14 bits per heavy atom. The molecule has 2 aromatic heterocycles. The van der Waals surface area contributed by atoms with Gasteiger partial charge in [0, 0.05) is 49.0 Å². The quantitative estimate of drug-likeness (QED) is 0.253. The normalized spacial score (nSPS) is 11.1. The highest BCUT2D eigenvalue weighted by molar-refractivity contribution is 14.0. The summed E-state index contributed by atoms with van der Waals surface area (Å²) in [4.78, 5) is 11.9. The molecule has 28 heavy (non-hydrogen) atoms. The second kappa shape index (κ2) is 11.5. The molecular formula is C21H28IN5O. The third kappa shape index (κ3) is 5.85. The monoisotopic (exact) mass is 493 g/mol. The van der Waals surface area contributed by atoms with E-state index in [4.69, 9.17) is 4.74 Å². The second-order valence-corrected chi connectivity index (χ2v) is 6.28. The van der Waals surface area contributed by atoms with E-state index in [2.05, 4.69) is 56.9 Å². The summed E-state index contributed by atoms with van der Waals surface area (Å²) in [5.74, 6) is 1.45. The highest BCUT2D eigenvalue weighted by Crippen LogP contribution is 2.17. The van der Waals surface area contributed by atoms with Crippen molar-refractivity contribution in [3.05, 3.63) is 59.9 Å². The number of aromatic amines is 1. The Labute approximate surface area is 183 Å². The van der Waals surface area contributed by atoms with Crippen molar-refractivity contribution in [2.24, 2.45) is 4.99 Å².